The van der Waals surface area contributed by atoms with Gasteiger partial charge in [0.25, 0.3) is 10.1 Å². The summed E-state index contributed by atoms with van der Waals surface area (Å²) in [6.45, 7) is 0. The van der Waals surface area contributed by atoms with Gasteiger partial charge in [-0.2, -0.15) is 8.42 Å². The molecule has 2 aromatic carbocycles. The van der Waals surface area contributed by atoms with Crippen LogP contribution in [0.25, 0.3) is 10.8 Å². The van der Waals surface area contributed by atoms with Gasteiger partial charge in [0.1, 0.15) is 5.75 Å². The third-order valence-electron chi connectivity index (χ3n) is 2.23. The second-order valence-electron chi connectivity index (χ2n) is 3.40. The molecule has 0 amide bonds. The molecule has 0 heterocycles. The normalized spacial score (nSPS) is 11.1. The number of hydrogen-bond acceptors (Lipinski definition) is 4. The second kappa shape index (κ2) is 4.83. The molecule has 1 radical (unpaired) electrons. The van der Waals surface area contributed by atoms with E-state index < -0.39 is 10.1 Å². The van der Waals surface area contributed by atoms with Crippen LogP contribution < -0.4 is 5.73 Å². The summed E-state index contributed by atoms with van der Waals surface area (Å²) in [5.41, 5.74) is 5.98. The van der Waals surface area contributed by atoms with Gasteiger partial charge < -0.3 is 10.8 Å². The predicted octanol–water partition coefficient (Wildman–Crippen LogP) is 0.994. The molecule has 85 valence electrons. The third kappa shape index (κ3) is 2.91. The standard InChI is InChI=1S/C10H9NO4S.Na/c11-7-1-2-9-6(3-7)4-8(5-10(9)12)16(13,14)15;/h1-5,12H,11H2,(H,13,14,15);. The fourth-order valence-electron chi connectivity index (χ4n) is 1.49. The summed E-state index contributed by atoms with van der Waals surface area (Å²) in [4.78, 5) is -0.358. The van der Waals surface area contributed by atoms with Crippen molar-refractivity contribution < 1.29 is 18.1 Å². The van der Waals surface area contributed by atoms with Crippen molar-refractivity contribution in [1.82, 2.24) is 0 Å². The number of fused-ring (bicyclic) bond motifs is 1. The first-order valence-electron chi connectivity index (χ1n) is 4.38. The van der Waals surface area contributed by atoms with Crippen molar-refractivity contribution in [3.05, 3.63) is 30.3 Å². The molecular formula is C10H9NNaO4S. The van der Waals surface area contributed by atoms with Crippen LogP contribution >= 0.6 is 0 Å². The number of nitrogens with two attached hydrogens (primary N) is 1. The van der Waals surface area contributed by atoms with Gasteiger partial charge in [0.05, 0.1) is 4.90 Å². The van der Waals surface area contributed by atoms with Gasteiger partial charge in [-0.1, -0.05) is 0 Å². The predicted molar refractivity (Wildman–Crippen MR) is 65.6 cm³/mol. The van der Waals surface area contributed by atoms with Crippen LogP contribution in [0.4, 0.5) is 5.69 Å². The Kier molecular flexibility index (Phi) is 4.06. The maximum Gasteiger partial charge on any atom is 0.294 e. The van der Waals surface area contributed by atoms with Crippen molar-refractivity contribution in [2.75, 3.05) is 5.73 Å². The Bertz CT molecular complexity index is 669. The number of rotatable bonds is 1. The van der Waals surface area contributed by atoms with Crippen LogP contribution in [0.1, 0.15) is 0 Å². The van der Waals surface area contributed by atoms with Gasteiger partial charge in [-0.3, -0.25) is 4.55 Å². The van der Waals surface area contributed by atoms with E-state index in [-0.39, 0.29) is 40.2 Å². The number of hydrogen-bond donors (Lipinski definition) is 3. The van der Waals surface area contributed by atoms with Crippen LogP contribution in [-0.4, -0.2) is 47.6 Å². The number of benzene rings is 2. The van der Waals surface area contributed by atoms with Crippen molar-refractivity contribution in [3.8, 4) is 5.75 Å². The number of phenols is 1. The van der Waals surface area contributed by atoms with Crippen LogP contribution in [0.5, 0.6) is 5.75 Å². The molecule has 2 rings (SSSR count). The molecule has 17 heavy (non-hydrogen) atoms. The van der Waals surface area contributed by atoms with E-state index in [0.717, 1.165) is 6.07 Å². The zero-order valence-electron chi connectivity index (χ0n) is 9.08. The molecule has 0 saturated heterocycles. The first-order valence-corrected chi connectivity index (χ1v) is 5.82. The minimum absolute atomic E-state index is 0. The van der Waals surface area contributed by atoms with E-state index >= 15 is 0 Å². The molecule has 0 fully saturated rings. The van der Waals surface area contributed by atoms with Crippen molar-refractivity contribution in [2.45, 2.75) is 4.90 Å². The molecule has 7 heteroatoms. The van der Waals surface area contributed by atoms with Crippen LogP contribution in [0.3, 0.4) is 0 Å². The van der Waals surface area contributed by atoms with E-state index in [4.69, 9.17) is 10.3 Å². The largest absolute Gasteiger partial charge is 0.507 e. The molecule has 5 nitrogen and oxygen atoms in total. The Morgan fingerprint density at radius 3 is 2.35 bits per heavy atom. The first-order chi connectivity index (χ1) is 7.38. The molecule has 0 saturated carbocycles. The average Bonchev–Trinajstić information content (AvgIpc) is 2.15. The second-order valence-corrected chi connectivity index (χ2v) is 4.82. The minimum atomic E-state index is -4.33. The van der Waals surface area contributed by atoms with Gasteiger partial charge in [0.2, 0.25) is 0 Å². The molecular weight excluding hydrogens is 253 g/mol. The molecule has 2 aromatic rings. The van der Waals surface area contributed by atoms with Gasteiger partial charge in [-0.15, -0.1) is 0 Å². The molecule has 0 unspecified atom stereocenters. The quantitative estimate of drug-likeness (QED) is 0.404. The van der Waals surface area contributed by atoms with Crippen molar-refractivity contribution >= 4 is 56.1 Å². The number of nitrogen functional groups attached to an aromatic ring is 1. The summed E-state index contributed by atoms with van der Waals surface area (Å²) in [7, 11) is -4.33. The van der Waals surface area contributed by atoms with E-state index in [1.54, 1.807) is 12.1 Å². The van der Waals surface area contributed by atoms with Gasteiger partial charge in [0.15, 0.2) is 0 Å². The number of phenolic OH excluding ortho intramolecular Hbond substituents is 1. The van der Waals surface area contributed by atoms with E-state index in [1.807, 2.05) is 0 Å². The maximum absolute atomic E-state index is 10.9. The third-order valence-corrected chi connectivity index (χ3v) is 3.06. The van der Waals surface area contributed by atoms with Crippen LogP contribution in [0.15, 0.2) is 35.2 Å². The maximum atomic E-state index is 10.9. The summed E-state index contributed by atoms with van der Waals surface area (Å²) in [6, 6.07) is 6.93. The van der Waals surface area contributed by atoms with E-state index in [0.29, 0.717) is 16.5 Å². The van der Waals surface area contributed by atoms with Crippen molar-refractivity contribution in [2.24, 2.45) is 0 Å². The Hall–Kier alpha value is -0.790. The molecule has 4 N–H and O–H groups in total. The summed E-state index contributed by atoms with van der Waals surface area (Å²) >= 11 is 0. The zero-order chi connectivity index (χ0) is 11.9. The fraction of sp³-hybridized carbons (Fsp3) is 0. The van der Waals surface area contributed by atoms with Gasteiger partial charge in [-0.05, 0) is 29.7 Å². The Morgan fingerprint density at radius 2 is 1.76 bits per heavy atom. The van der Waals surface area contributed by atoms with Crippen molar-refractivity contribution in [1.29, 1.82) is 0 Å². The molecule has 0 aromatic heterocycles. The van der Waals surface area contributed by atoms with Crippen LogP contribution in [0.2, 0.25) is 0 Å². The average molecular weight is 262 g/mol. The van der Waals surface area contributed by atoms with Crippen LogP contribution in [-0.2, 0) is 10.1 Å². The molecule has 0 bridgehead atoms. The van der Waals surface area contributed by atoms with Gasteiger partial charge in [-0.25, -0.2) is 0 Å². The summed E-state index contributed by atoms with van der Waals surface area (Å²) in [5.74, 6) is -0.217. The van der Waals surface area contributed by atoms with E-state index in [1.165, 1.54) is 12.1 Å². The molecule has 0 atom stereocenters. The van der Waals surface area contributed by atoms with E-state index in [9.17, 15) is 13.5 Å². The van der Waals surface area contributed by atoms with Gasteiger partial charge >= 0.3 is 0 Å². The topological polar surface area (TPSA) is 101 Å². The van der Waals surface area contributed by atoms with Crippen molar-refractivity contribution in [3.63, 3.8) is 0 Å². The summed E-state index contributed by atoms with van der Waals surface area (Å²) < 4.78 is 30.7. The van der Waals surface area contributed by atoms with E-state index in [2.05, 4.69) is 0 Å². The molecule has 0 aliphatic rings. The molecule has 0 spiro atoms. The number of anilines is 1. The number of aromatic hydroxyl groups is 1. The summed E-state index contributed by atoms with van der Waals surface area (Å²) in [6.07, 6.45) is 0. The first kappa shape index (κ1) is 14.3. The van der Waals surface area contributed by atoms with Gasteiger partial charge in [0, 0.05) is 46.7 Å². The summed E-state index contributed by atoms with van der Waals surface area (Å²) in [5, 5.41) is 10.5. The zero-order valence-corrected chi connectivity index (χ0v) is 11.9. The minimum Gasteiger partial charge on any atom is -0.507 e. The monoisotopic (exact) mass is 262 g/mol. The Labute approximate surface area is 120 Å². The molecule has 0 aliphatic heterocycles. The SMILES string of the molecule is Nc1ccc2c(O)cc(S(=O)(=O)O)cc2c1.[Na]. The smallest absolute Gasteiger partial charge is 0.294 e. The van der Waals surface area contributed by atoms with Crippen LogP contribution in [0, 0.1) is 0 Å². The fourth-order valence-corrected chi connectivity index (χ4v) is 2.03. The Morgan fingerprint density at radius 1 is 1.12 bits per heavy atom. The molecule has 0 aliphatic carbocycles. The Balaban J connectivity index is 0.00000144.